The molecule has 2 nitrogen and oxygen atoms in total. The van der Waals surface area contributed by atoms with Crippen molar-refractivity contribution in [3.63, 3.8) is 0 Å². The van der Waals surface area contributed by atoms with Gasteiger partial charge in [-0.3, -0.25) is 4.79 Å². The molecule has 11 heavy (non-hydrogen) atoms. The molecule has 0 fully saturated rings. The molecular weight excluding hydrogens is 391 g/mol. The van der Waals surface area contributed by atoms with Crippen molar-refractivity contribution in [1.82, 2.24) is 0 Å². The summed E-state index contributed by atoms with van der Waals surface area (Å²) in [7, 11) is 0. The predicted octanol–water partition coefficient (Wildman–Crippen LogP) is 2.86. The number of hydrogen-bond acceptors (Lipinski definition) is 2. The van der Waals surface area contributed by atoms with E-state index in [2.05, 4.69) is 54.5 Å². The minimum atomic E-state index is -0.120. The van der Waals surface area contributed by atoms with Crippen molar-refractivity contribution in [2.45, 2.75) is 16.6 Å². The first kappa shape index (κ1) is 12.2. The van der Waals surface area contributed by atoms with Crippen molar-refractivity contribution in [3.05, 3.63) is 0 Å². The van der Waals surface area contributed by atoms with E-state index in [1.54, 1.807) is 0 Å². The monoisotopic (exact) mass is 398 g/mol. The van der Waals surface area contributed by atoms with Gasteiger partial charge < -0.3 is 4.74 Å². The Hall–Kier alpha value is 1.16. The largest absolute Gasteiger partial charge is 0.465 e. The van der Waals surface area contributed by atoms with E-state index in [1.807, 2.05) is 0 Å². The summed E-state index contributed by atoms with van der Waals surface area (Å²) in [6.45, 7) is 0.522. The molecule has 0 aliphatic rings. The van der Waals surface area contributed by atoms with Crippen molar-refractivity contribution < 1.29 is 9.53 Å². The van der Waals surface area contributed by atoms with E-state index in [4.69, 9.17) is 4.74 Å². The number of carbonyl (C=O) groups is 1. The molecule has 0 aromatic heterocycles. The molecule has 0 heterocycles. The van der Waals surface area contributed by atoms with Crippen LogP contribution in [0.15, 0.2) is 0 Å². The predicted molar refractivity (Wildman–Crippen MR) is 60.7 cm³/mol. The smallest absolute Gasteiger partial charge is 0.305 e. The van der Waals surface area contributed by atoms with Crippen molar-refractivity contribution in [1.29, 1.82) is 0 Å². The molecule has 0 aliphatic carbocycles. The first-order chi connectivity index (χ1) is 5.16. The van der Waals surface area contributed by atoms with E-state index in [0.717, 1.165) is 10.8 Å². The molecule has 0 unspecified atom stereocenters. The lowest BCUT2D eigenvalue weighted by molar-refractivity contribution is -0.142. The van der Waals surface area contributed by atoms with E-state index < -0.39 is 0 Å². The van der Waals surface area contributed by atoms with Crippen LogP contribution in [0.3, 0.4) is 0 Å². The Morgan fingerprint density at radius 1 is 1.55 bits per heavy atom. The standard InChI is InChI=1S/C6H9Br2IO2/c7-5(8)1-2-6(10)11-4-3-9/h5H,1-4H2. The molecule has 0 bridgehead atoms. The van der Waals surface area contributed by atoms with Gasteiger partial charge in [0, 0.05) is 10.8 Å². The molecule has 0 saturated carbocycles. The van der Waals surface area contributed by atoms with Crippen LogP contribution in [-0.4, -0.2) is 20.7 Å². The second kappa shape index (κ2) is 7.79. The highest BCUT2D eigenvalue weighted by atomic mass is 127. The van der Waals surface area contributed by atoms with E-state index in [1.165, 1.54) is 0 Å². The molecule has 0 rings (SSSR count). The zero-order valence-corrected chi connectivity index (χ0v) is 11.2. The van der Waals surface area contributed by atoms with Crippen LogP contribution in [0.25, 0.3) is 0 Å². The first-order valence-corrected chi connectivity index (χ1v) is 6.52. The first-order valence-electron chi connectivity index (χ1n) is 3.16. The molecule has 0 radical (unpaired) electrons. The van der Waals surface area contributed by atoms with Crippen LogP contribution >= 0.6 is 54.5 Å². The number of ether oxygens (including phenoxy) is 1. The maximum Gasteiger partial charge on any atom is 0.305 e. The number of halogens is 3. The fraction of sp³-hybridized carbons (Fsp3) is 0.833. The van der Waals surface area contributed by atoms with Gasteiger partial charge in [-0.15, -0.1) is 0 Å². The average Bonchev–Trinajstić information content (AvgIpc) is 1.97. The van der Waals surface area contributed by atoms with Crippen molar-refractivity contribution in [2.75, 3.05) is 11.0 Å². The molecule has 66 valence electrons. The van der Waals surface area contributed by atoms with Gasteiger partial charge in [-0.2, -0.15) is 0 Å². The summed E-state index contributed by atoms with van der Waals surface area (Å²) in [5.41, 5.74) is 0. The van der Waals surface area contributed by atoms with Crippen LogP contribution in [0, 0.1) is 0 Å². The van der Waals surface area contributed by atoms with Crippen molar-refractivity contribution in [3.8, 4) is 0 Å². The van der Waals surface area contributed by atoms with Gasteiger partial charge in [0.25, 0.3) is 0 Å². The van der Waals surface area contributed by atoms with Gasteiger partial charge in [0.05, 0.1) is 3.74 Å². The van der Waals surface area contributed by atoms with Gasteiger partial charge in [0.1, 0.15) is 6.61 Å². The van der Waals surface area contributed by atoms with Gasteiger partial charge >= 0.3 is 5.97 Å². The van der Waals surface area contributed by atoms with E-state index in [-0.39, 0.29) is 9.71 Å². The third-order valence-electron chi connectivity index (χ3n) is 0.907. The van der Waals surface area contributed by atoms with Gasteiger partial charge in [0.15, 0.2) is 0 Å². The Morgan fingerprint density at radius 2 is 2.18 bits per heavy atom. The molecule has 0 saturated heterocycles. The van der Waals surface area contributed by atoms with Crippen LogP contribution in [-0.2, 0) is 9.53 Å². The third-order valence-corrected chi connectivity index (χ3v) is 2.26. The number of rotatable bonds is 5. The summed E-state index contributed by atoms with van der Waals surface area (Å²) in [6.07, 6.45) is 1.23. The highest BCUT2D eigenvalue weighted by Gasteiger charge is 2.04. The van der Waals surface area contributed by atoms with Crippen LogP contribution < -0.4 is 0 Å². The minimum absolute atomic E-state index is 0.120. The van der Waals surface area contributed by atoms with E-state index in [0.29, 0.717) is 13.0 Å². The lowest BCUT2D eigenvalue weighted by atomic mass is 10.3. The average molecular weight is 400 g/mol. The highest BCUT2D eigenvalue weighted by Crippen LogP contribution is 2.14. The van der Waals surface area contributed by atoms with E-state index >= 15 is 0 Å². The zero-order valence-electron chi connectivity index (χ0n) is 5.86. The Bertz CT molecular complexity index is 119. The maximum absolute atomic E-state index is 10.8. The van der Waals surface area contributed by atoms with Crippen molar-refractivity contribution >= 4 is 60.4 Å². The van der Waals surface area contributed by atoms with Gasteiger partial charge in [-0.25, -0.2) is 0 Å². The molecule has 0 spiro atoms. The third kappa shape index (κ3) is 9.07. The molecule has 0 atom stereocenters. The highest BCUT2D eigenvalue weighted by molar-refractivity contribution is 14.1. The summed E-state index contributed by atoms with van der Waals surface area (Å²) in [5, 5.41) is 0. The van der Waals surface area contributed by atoms with Crippen LogP contribution in [0.1, 0.15) is 12.8 Å². The number of hydrogen-bond donors (Lipinski definition) is 0. The van der Waals surface area contributed by atoms with Gasteiger partial charge in [-0.1, -0.05) is 54.5 Å². The molecule has 0 amide bonds. The quantitative estimate of drug-likeness (QED) is 0.404. The summed E-state index contributed by atoms with van der Waals surface area (Å²) in [6, 6.07) is 0. The SMILES string of the molecule is O=C(CCC(Br)Br)OCCI. The van der Waals surface area contributed by atoms with Gasteiger partial charge in [0.2, 0.25) is 0 Å². The normalized spacial score (nSPS) is 10.2. The number of carbonyl (C=O) groups excluding carboxylic acids is 1. The molecule has 0 aliphatic heterocycles. The minimum Gasteiger partial charge on any atom is -0.465 e. The maximum atomic E-state index is 10.8. The van der Waals surface area contributed by atoms with Crippen LogP contribution in [0.4, 0.5) is 0 Å². The summed E-state index contributed by atoms with van der Waals surface area (Å²) in [5.74, 6) is -0.120. The Balaban J connectivity index is 3.23. The lowest BCUT2D eigenvalue weighted by Crippen LogP contribution is -2.07. The summed E-state index contributed by atoms with van der Waals surface area (Å²) in [4.78, 5) is 10.8. The summed E-state index contributed by atoms with van der Waals surface area (Å²) < 4.78 is 5.92. The lowest BCUT2D eigenvalue weighted by Gasteiger charge is -2.02. The molecule has 5 heteroatoms. The zero-order chi connectivity index (χ0) is 8.69. The fourth-order valence-corrected chi connectivity index (χ4v) is 1.13. The van der Waals surface area contributed by atoms with Gasteiger partial charge in [-0.05, 0) is 6.42 Å². The second-order valence-electron chi connectivity index (χ2n) is 1.84. The Kier molecular flexibility index (Phi) is 8.61. The Morgan fingerprint density at radius 3 is 2.64 bits per heavy atom. The fourth-order valence-electron chi connectivity index (χ4n) is 0.452. The number of alkyl halides is 3. The Labute approximate surface area is 96.8 Å². The number of esters is 1. The summed E-state index contributed by atoms with van der Waals surface area (Å²) >= 11 is 8.72. The van der Waals surface area contributed by atoms with Crippen molar-refractivity contribution in [2.24, 2.45) is 0 Å². The molecular formula is C6H9Br2IO2. The van der Waals surface area contributed by atoms with Crippen LogP contribution in [0.2, 0.25) is 0 Å². The topological polar surface area (TPSA) is 26.3 Å². The molecule has 0 aromatic rings. The molecule has 0 aromatic carbocycles. The van der Waals surface area contributed by atoms with E-state index in [9.17, 15) is 4.79 Å². The second-order valence-corrected chi connectivity index (χ2v) is 6.36. The van der Waals surface area contributed by atoms with Crippen LogP contribution in [0.5, 0.6) is 0 Å². The molecule has 0 N–H and O–H groups in total.